The van der Waals surface area contributed by atoms with Crippen LogP contribution in [0.15, 0.2) is 36.9 Å². The molecule has 32 heavy (non-hydrogen) atoms. The van der Waals surface area contributed by atoms with Gasteiger partial charge in [0.25, 0.3) is 0 Å². The van der Waals surface area contributed by atoms with Crippen LogP contribution in [0.3, 0.4) is 0 Å². The van der Waals surface area contributed by atoms with Crippen molar-refractivity contribution in [3.63, 3.8) is 0 Å². The molecule has 1 saturated carbocycles. The van der Waals surface area contributed by atoms with E-state index in [1.807, 2.05) is 0 Å². The number of anilines is 1. The normalized spacial score (nSPS) is 25.7. The van der Waals surface area contributed by atoms with E-state index in [9.17, 15) is 18.3 Å². The molecule has 2 aliphatic rings. The van der Waals surface area contributed by atoms with Crippen LogP contribution in [-0.2, 0) is 14.5 Å². The van der Waals surface area contributed by atoms with Gasteiger partial charge in [-0.2, -0.15) is 13.5 Å². The number of hydrogen-bond donors (Lipinski definition) is 3. The number of nitrogens with zero attached hydrogens (tertiary/aromatic N) is 4. The van der Waals surface area contributed by atoms with Gasteiger partial charge in [0.15, 0.2) is 0 Å². The fourth-order valence-corrected chi connectivity index (χ4v) is 4.55. The van der Waals surface area contributed by atoms with Crippen molar-refractivity contribution in [2.45, 2.75) is 50.3 Å². The number of aliphatic hydroxyl groups excluding tert-OH is 1. The van der Waals surface area contributed by atoms with Crippen LogP contribution in [0.5, 0.6) is 0 Å². The minimum atomic E-state index is -4.08. The summed E-state index contributed by atoms with van der Waals surface area (Å²) >= 11 is 0. The standard InChI is InChI=1S/C20H26N6O5S/c21-32(29,30)31-11-13-8-14(9-18(13)27)24-20-16(10-22-12-23-20)19(28)17-6-7-26(25-17)15-4-2-1-3-5-15/h2,4,6-7,10,12-15,18,27H,1,3,5,8-9,11H2,(H2,21,29,30)(H,22,23,24)/t13-,14-,15-,18+/m1/s1. The summed E-state index contributed by atoms with van der Waals surface area (Å²) in [5.41, 5.74) is 0.573. The fraction of sp³-hybridized carbons (Fsp3) is 0.500. The third-order valence-corrected chi connectivity index (χ3v) is 6.28. The predicted octanol–water partition coefficient (Wildman–Crippen LogP) is 0.957. The zero-order chi connectivity index (χ0) is 22.7. The van der Waals surface area contributed by atoms with Gasteiger partial charge >= 0.3 is 10.3 Å². The predicted molar refractivity (Wildman–Crippen MR) is 115 cm³/mol. The highest BCUT2D eigenvalue weighted by atomic mass is 32.2. The molecule has 2 aromatic rings. The maximum atomic E-state index is 13.1. The van der Waals surface area contributed by atoms with Crippen LogP contribution in [0.1, 0.15) is 54.2 Å². The molecule has 0 bridgehead atoms. The quantitative estimate of drug-likeness (QED) is 0.383. The average molecular weight is 463 g/mol. The molecule has 0 aliphatic heterocycles. The van der Waals surface area contributed by atoms with Crippen molar-refractivity contribution in [3.05, 3.63) is 48.2 Å². The van der Waals surface area contributed by atoms with Crippen molar-refractivity contribution < 1.29 is 22.5 Å². The van der Waals surface area contributed by atoms with Gasteiger partial charge in [-0.3, -0.25) is 13.7 Å². The molecule has 0 radical (unpaired) electrons. The van der Waals surface area contributed by atoms with Crippen LogP contribution >= 0.6 is 0 Å². The number of ketones is 1. The lowest BCUT2D eigenvalue weighted by Crippen LogP contribution is -2.24. The van der Waals surface area contributed by atoms with Gasteiger partial charge in [-0.05, 0) is 38.2 Å². The number of hydrogen-bond acceptors (Lipinski definition) is 9. The lowest BCUT2D eigenvalue weighted by molar-refractivity contribution is 0.101. The molecule has 4 rings (SSSR count). The third-order valence-electron chi connectivity index (χ3n) is 5.81. The summed E-state index contributed by atoms with van der Waals surface area (Å²) in [5.74, 6) is -0.382. The summed E-state index contributed by atoms with van der Waals surface area (Å²) in [5, 5.41) is 22.7. The van der Waals surface area contributed by atoms with Crippen LogP contribution in [-0.4, -0.2) is 57.8 Å². The first kappa shape index (κ1) is 22.5. The minimum absolute atomic E-state index is 0.145. The largest absolute Gasteiger partial charge is 0.393 e. The summed E-state index contributed by atoms with van der Waals surface area (Å²) in [6, 6.07) is 1.60. The Morgan fingerprint density at radius 2 is 2.22 bits per heavy atom. The molecule has 2 aliphatic carbocycles. The smallest absolute Gasteiger partial charge is 0.333 e. The van der Waals surface area contributed by atoms with Crippen molar-refractivity contribution in [1.29, 1.82) is 0 Å². The topological polar surface area (TPSA) is 162 Å². The Hall–Kier alpha value is -2.67. The van der Waals surface area contributed by atoms with Crippen molar-refractivity contribution in [3.8, 4) is 0 Å². The Morgan fingerprint density at radius 3 is 2.97 bits per heavy atom. The number of aliphatic hydroxyl groups is 1. The van der Waals surface area contributed by atoms with Gasteiger partial charge in [0.05, 0.1) is 24.3 Å². The zero-order valence-corrected chi connectivity index (χ0v) is 18.2. The Morgan fingerprint density at radius 1 is 1.38 bits per heavy atom. The maximum Gasteiger partial charge on any atom is 0.333 e. The summed E-state index contributed by atoms with van der Waals surface area (Å²) in [6.07, 6.45) is 11.9. The number of nitrogens with one attached hydrogen (secondary N) is 1. The van der Waals surface area contributed by atoms with Crippen molar-refractivity contribution in [2.24, 2.45) is 11.1 Å². The van der Waals surface area contributed by atoms with E-state index in [1.54, 1.807) is 16.9 Å². The van der Waals surface area contributed by atoms with Crippen molar-refractivity contribution >= 4 is 21.9 Å². The molecule has 12 heteroatoms. The van der Waals surface area contributed by atoms with E-state index in [0.29, 0.717) is 24.4 Å². The molecule has 0 unspecified atom stereocenters. The lowest BCUT2D eigenvalue weighted by Gasteiger charge is -2.16. The lowest BCUT2D eigenvalue weighted by atomic mass is 10.0. The molecule has 11 nitrogen and oxygen atoms in total. The van der Waals surface area contributed by atoms with E-state index >= 15 is 0 Å². The highest BCUT2D eigenvalue weighted by Crippen LogP contribution is 2.30. The molecule has 0 saturated heterocycles. The Balaban J connectivity index is 1.45. The molecular formula is C20H26N6O5S. The number of allylic oxidation sites excluding steroid dienone is 2. The molecule has 2 aromatic heterocycles. The highest BCUT2D eigenvalue weighted by molar-refractivity contribution is 7.84. The molecule has 0 amide bonds. The van der Waals surface area contributed by atoms with Gasteiger partial charge in [0, 0.05) is 24.4 Å². The van der Waals surface area contributed by atoms with Gasteiger partial charge in [-0.15, -0.1) is 0 Å². The summed E-state index contributed by atoms with van der Waals surface area (Å²) in [7, 11) is -4.08. The van der Waals surface area contributed by atoms with Crippen LogP contribution in [0.2, 0.25) is 0 Å². The van der Waals surface area contributed by atoms with E-state index in [1.165, 1.54) is 12.5 Å². The molecule has 4 N–H and O–H groups in total. The summed E-state index contributed by atoms with van der Waals surface area (Å²) in [4.78, 5) is 21.3. The Bertz CT molecular complexity index is 1100. The second-order valence-corrected chi connectivity index (χ2v) is 9.36. The second kappa shape index (κ2) is 9.45. The monoisotopic (exact) mass is 462 g/mol. The molecule has 1 fully saturated rings. The third kappa shape index (κ3) is 5.38. The first-order chi connectivity index (χ1) is 15.3. The summed E-state index contributed by atoms with van der Waals surface area (Å²) in [6.45, 7) is -0.208. The first-order valence-corrected chi connectivity index (χ1v) is 12.0. The van der Waals surface area contributed by atoms with E-state index < -0.39 is 22.3 Å². The van der Waals surface area contributed by atoms with Crippen LogP contribution in [0.4, 0.5) is 5.82 Å². The van der Waals surface area contributed by atoms with Crippen LogP contribution in [0, 0.1) is 5.92 Å². The molecular weight excluding hydrogens is 436 g/mol. The van der Waals surface area contributed by atoms with Crippen molar-refractivity contribution in [1.82, 2.24) is 19.7 Å². The fourth-order valence-electron chi connectivity index (χ4n) is 4.18. The number of carbonyl (C=O) groups is 1. The van der Waals surface area contributed by atoms with Crippen molar-refractivity contribution in [2.75, 3.05) is 11.9 Å². The van der Waals surface area contributed by atoms with Gasteiger partial charge in [-0.1, -0.05) is 12.2 Å². The number of carbonyl (C=O) groups excluding carboxylic acids is 1. The molecule has 4 atom stereocenters. The second-order valence-electron chi connectivity index (χ2n) is 8.14. The Labute approximate surface area is 186 Å². The summed E-state index contributed by atoms with van der Waals surface area (Å²) < 4.78 is 28.4. The molecule has 0 spiro atoms. The highest BCUT2D eigenvalue weighted by Gasteiger charge is 2.35. The molecule has 172 valence electrons. The number of aromatic nitrogens is 4. The van der Waals surface area contributed by atoms with E-state index in [-0.39, 0.29) is 30.0 Å². The average Bonchev–Trinajstić information content (AvgIpc) is 3.39. The zero-order valence-electron chi connectivity index (χ0n) is 17.4. The number of nitrogens with two attached hydrogens (primary N) is 1. The minimum Gasteiger partial charge on any atom is -0.393 e. The van der Waals surface area contributed by atoms with Crippen LogP contribution < -0.4 is 10.5 Å². The maximum absolute atomic E-state index is 13.1. The Kier molecular flexibility index (Phi) is 6.65. The van der Waals surface area contributed by atoms with Gasteiger partial charge in [-0.25, -0.2) is 15.1 Å². The first-order valence-electron chi connectivity index (χ1n) is 10.5. The molecule has 2 heterocycles. The number of rotatable bonds is 8. The van der Waals surface area contributed by atoms with Crippen LogP contribution in [0.25, 0.3) is 0 Å². The van der Waals surface area contributed by atoms with Gasteiger partial charge < -0.3 is 10.4 Å². The van der Waals surface area contributed by atoms with E-state index in [0.717, 1.165) is 19.3 Å². The van der Waals surface area contributed by atoms with Gasteiger partial charge in [0.2, 0.25) is 5.78 Å². The van der Waals surface area contributed by atoms with E-state index in [4.69, 9.17) is 5.14 Å². The van der Waals surface area contributed by atoms with Gasteiger partial charge in [0.1, 0.15) is 17.8 Å². The van der Waals surface area contributed by atoms with E-state index in [2.05, 4.69) is 36.7 Å². The molecule has 0 aromatic carbocycles. The SMILES string of the molecule is NS(=O)(=O)OC[C@H]1C[C@@H](Nc2ncncc2C(=O)c2ccn([C@@H]3C=CCCC3)n2)C[C@@H]1O.